The van der Waals surface area contributed by atoms with Crippen LogP contribution in [0, 0.1) is 0 Å². The van der Waals surface area contributed by atoms with Crippen LogP contribution in [0.3, 0.4) is 0 Å². The van der Waals surface area contributed by atoms with Gasteiger partial charge in [-0.25, -0.2) is 4.79 Å². The van der Waals surface area contributed by atoms with Gasteiger partial charge in [-0.2, -0.15) is 0 Å². The Morgan fingerprint density at radius 1 is 0.912 bits per heavy atom. The molecule has 2 aromatic carbocycles. The van der Waals surface area contributed by atoms with Gasteiger partial charge in [0.1, 0.15) is 5.76 Å². The summed E-state index contributed by atoms with van der Waals surface area (Å²) in [7, 11) is 0. The molecule has 34 heavy (non-hydrogen) atoms. The summed E-state index contributed by atoms with van der Waals surface area (Å²) in [6.45, 7) is -0.709. The molecule has 1 aliphatic rings. The molecule has 0 radical (unpaired) electrons. The van der Waals surface area contributed by atoms with E-state index >= 15 is 0 Å². The Morgan fingerprint density at radius 3 is 2.32 bits per heavy atom. The number of nitrogens with zero attached hydrogens (tertiary/aromatic N) is 1. The van der Waals surface area contributed by atoms with Crippen LogP contribution in [0.1, 0.15) is 47.2 Å². The van der Waals surface area contributed by atoms with Crippen LogP contribution in [0.4, 0.5) is 0 Å². The van der Waals surface area contributed by atoms with E-state index in [0.29, 0.717) is 11.3 Å². The second-order valence-electron chi connectivity index (χ2n) is 7.12. The molecule has 4 rings (SSSR count). The van der Waals surface area contributed by atoms with Crippen molar-refractivity contribution in [1.29, 1.82) is 0 Å². The first-order valence-corrected chi connectivity index (χ1v) is 10.7. The number of esters is 1. The van der Waals surface area contributed by atoms with Crippen molar-refractivity contribution in [3.63, 3.8) is 0 Å². The molecule has 2 N–H and O–H groups in total. The Bertz CT molecular complexity index is 1290. The minimum atomic E-state index is -0.873. The average molecular weight is 526 g/mol. The van der Waals surface area contributed by atoms with E-state index in [1.54, 1.807) is 36.4 Å². The minimum Gasteiger partial charge on any atom is -0.467 e. The molecule has 0 unspecified atom stereocenters. The summed E-state index contributed by atoms with van der Waals surface area (Å²) < 4.78 is 10.9. The molecule has 0 fully saturated rings. The number of amides is 4. The maximum Gasteiger partial charge on any atom is 0.338 e. The zero-order valence-corrected chi connectivity index (χ0v) is 19.0. The molecular weight excluding hydrogens is 510 g/mol. The first kappa shape index (κ1) is 22.9. The molecule has 10 nitrogen and oxygen atoms in total. The number of ether oxygens (including phenoxy) is 1. The molecule has 0 spiro atoms. The highest BCUT2D eigenvalue weighted by atomic mass is 79.9. The lowest BCUT2D eigenvalue weighted by Crippen LogP contribution is -2.43. The van der Waals surface area contributed by atoms with Gasteiger partial charge >= 0.3 is 5.97 Å². The number of benzene rings is 2. The van der Waals surface area contributed by atoms with Crippen LogP contribution in [-0.2, 0) is 16.1 Å². The van der Waals surface area contributed by atoms with Crippen LogP contribution in [-0.4, -0.2) is 41.1 Å². The van der Waals surface area contributed by atoms with Crippen LogP contribution in [0.2, 0.25) is 0 Å². The van der Waals surface area contributed by atoms with Crippen LogP contribution < -0.4 is 10.9 Å². The van der Waals surface area contributed by atoms with Crippen molar-refractivity contribution < 1.29 is 33.1 Å². The molecule has 0 bridgehead atoms. The maximum atomic E-state index is 12.7. The number of rotatable bonds is 6. The lowest BCUT2D eigenvalue weighted by Gasteiger charge is -2.11. The summed E-state index contributed by atoms with van der Waals surface area (Å²) in [4.78, 5) is 62.5. The zero-order chi connectivity index (χ0) is 24.2. The Morgan fingerprint density at radius 2 is 1.62 bits per heavy atom. The van der Waals surface area contributed by atoms with E-state index < -0.39 is 36.2 Å². The molecule has 11 heteroatoms. The van der Waals surface area contributed by atoms with Gasteiger partial charge < -0.3 is 9.15 Å². The SMILES string of the molecule is O=C(COC(=O)c1ccc2c(c1)C(=O)N(Cc1ccco1)C2=O)NNC(=O)c1ccc(Br)cc1. The van der Waals surface area contributed by atoms with Crippen LogP contribution >= 0.6 is 15.9 Å². The highest BCUT2D eigenvalue weighted by Gasteiger charge is 2.36. The fraction of sp³-hybridized carbons (Fsp3) is 0.0870. The molecule has 4 amide bonds. The van der Waals surface area contributed by atoms with Crippen LogP contribution in [0.25, 0.3) is 0 Å². The Labute approximate surface area is 201 Å². The fourth-order valence-electron chi connectivity index (χ4n) is 3.17. The Hall–Kier alpha value is -4.25. The van der Waals surface area contributed by atoms with Crippen molar-refractivity contribution in [2.45, 2.75) is 6.54 Å². The van der Waals surface area contributed by atoms with Gasteiger partial charge in [-0.15, -0.1) is 0 Å². The number of hydrazine groups is 1. The van der Waals surface area contributed by atoms with Crippen molar-refractivity contribution in [2.24, 2.45) is 0 Å². The highest BCUT2D eigenvalue weighted by Crippen LogP contribution is 2.26. The number of carbonyl (C=O) groups is 5. The third-order valence-electron chi connectivity index (χ3n) is 4.86. The lowest BCUT2D eigenvalue weighted by molar-refractivity contribution is -0.125. The third kappa shape index (κ3) is 4.89. The summed E-state index contributed by atoms with van der Waals surface area (Å²) in [6, 6.07) is 13.7. The number of imide groups is 1. The van der Waals surface area contributed by atoms with Gasteiger partial charge in [0, 0.05) is 10.0 Å². The number of hydrogen-bond donors (Lipinski definition) is 2. The van der Waals surface area contributed by atoms with Crippen molar-refractivity contribution in [2.75, 3.05) is 6.61 Å². The van der Waals surface area contributed by atoms with Gasteiger partial charge in [-0.1, -0.05) is 15.9 Å². The van der Waals surface area contributed by atoms with Gasteiger partial charge in [-0.3, -0.25) is 34.9 Å². The average Bonchev–Trinajstić information content (AvgIpc) is 3.44. The quantitative estimate of drug-likeness (QED) is 0.286. The second kappa shape index (κ2) is 9.71. The van der Waals surface area contributed by atoms with E-state index in [-0.39, 0.29) is 23.2 Å². The van der Waals surface area contributed by atoms with Gasteiger partial charge in [0.15, 0.2) is 6.61 Å². The Kier molecular flexibility index (Phi) is 6.55. The van der Waals surface area contributed by atoms with Gasteiger partial charge in [0.2, 0.25) is 0 Å². The van der Waals surface area contributed by atoms with Crippen LogP contribution in [0.5, 0.6) is 0 Å². The molecule has 1 aromatic heterocycles. The summed E-state index contributed by atoms with van der Waals surface area (Å²) in [5.41, 5.74) is 4.87. The topological polar surface area (TPSA) is 135 Å². The smallest absolute Gasteiger partial charge is 0.338 e. The zero-order valence-electron chi connectivity index (χ0n) is 17.4. The number of hydrogen-bond acceptors (Lipinski definition) is 7. The maximum absolute atomic E-state index is 12.7. The molecule has 1 aliphatic heterocycles. The molecule has 3 aromatic rings. The van der Waals surface area contributed by atoms with E-state index in [1.165, 1.54) is 24.5 Å². The molecular formula is C23H16BrN3O7. The predicted molar refractivity (Wildman–Crippen MR) is 119 cm³/mol. The fourth-order valence-corrected chi connectivity index (χ4v) is 3.43. The molecule has 0 aliphatic carbocycles. The number of nitrogens with one attached hydrogen (secondary N) is 2. The Balaban J connectivity index is 1.32. The van der Waals surface area contributed by atoms with Crippen molar-refractivity contribution >= 4 is 45.5 Å². The summed E-state index contributed by atoms with van der Waals surface area (Å²) in [5.74, 6) is -2.82. The second-order valence-corrected chi connectivity index (χ2v) is 8.04. The summed E-state index contributed by atoms with van der Waals surface area (Å²) in [5, 5.41) is 0. The first-order chi connectivity index (χ1) is 16.3. The molecule has 0 saturated heterocycles. The highest BCUT2D eigenvalue weighted by molar-refractivity contribution is 9.10. The van der Waals surface area contributed by atoms with Gasteiger partial charge in [0.25, 0.3) is 23.6 Å². The minimum absolute atomic E-state index is 0.00792. The largest absolute Gasteiger partial charge is 0.467 e. The normalized spacial score (nSPS) is 12.3. The molecule has 0 saturated carbocycles. The van der Waals surface area contributed by atoms with Crippen molar-refractivity contribution in [3.05, 3.63) is 93.3 Å². The summed E-state index contributed by atoms with van der Waals surface area (Å²) in [6.07, 6.45) is 1.43. The predicted octanol–water partition coefficient (Wildman–Crippen LogP) is 2.46. The van der Waals surface area contributed by atoms with Crippen LogP contribution in [0.15, 0.2) is 69.8 Å². The standard InChI is InChI=1S/C23H16BrN3O7/c24-15-6-3-13(4-7-15)20(29)26-25-19(28)12-34-23(32)14-5-8-17-18(10-14)22(31)27(21(17)30)11-16-2-1-9-33-16/h1-10H,11-12H2,(H,25,28)(H,26,29). The number of carbonyl (C=O) groups excluding carboxylic acids is 5. The monoisotopic (exact) mass is 525 g/mol. The first-order valence-electron chi connectivity index (χ1n) is 9.88. The van der Waals surface area contributed by atoms with E-state index in [9.17, 15) is 24.0 Å². The number of furan rings is 1. The van der Waals surface area contributed by atoms with E-state index in [1.807, 2.05) is 0 Å². The van der Waals surface area contributed by atoms with Crippen molar-refractivity contribution in [3.8, 4) is 0 Å². The van der Waals surface area contributed by atoms with E-state index in [4.69, 9.17) is 9.15 Å². The van der Waals surface area contributed by atoms with E-state index in [2.05, 4.69) is 26.8 Å². The van der Waals surface area contributed by atoms with Gasteiger partial charge in [0.05, 0.1) is 29.5 Å². The van der Waals surface area contributed by atoms with Crippen molar-refractivity contribution in [1.82, 2.24) is 15.8 Å². The lowest BCUT2D eigenvalue weighted by atomic mass is 10.1. The number of fused-ring (bicyclic) bond motifs is 1. The summed E-state index contributed by atoms with van der Waals surface area (Å²) >= 11 is 3.26. The third-order valence-corrected chi connectivity index (χ3v) is 5.39. The van der Waals surface area contributed by atoms with Gasteiger partial charge in [-0.05, 0) is 54.6 Å². The molecule has 0 atom stereocenters. The van der Waals surface area contributed by atoms with E-state index in [0.717, 1.165) is 9.37 Å². The molecule has 2 heterocycles. The number of halogens is 1. The molecule has 172 valence electrons.